The molecule has 0 unspecified atom stereocenters. The van der Waals surface area contributed by atoms with Crippen LogP contribution in [0.5, 0.6) is 0 Å². The number of hydrazine groups is 1. The SMILES string of the molecule is CCN1c2ncc(C(=O)O)c(NC3CCNCC3)c2CN1C. The largest absolute Gasteiger partial charge is 0.478 e. The number of nitrogens with one attached hydrogen (secondary N) is 2. The molecule has 0 spiro atoms. The predicted octanol–water partition coefficient (Wildman–Crippen LogP) is 1.13. The third kappa shape index (κ3) is 2.62. The van der Waals surface area contributed by atoms with E-state index in [0.29, 0.717) is 12.6 Å². The molecule has 2 aliphatic rings. The molecule has 0 aliphatic carbocycles. The Morgan fingerprint density at radius 2 is 2.23 bits per heavy atom. The monoisotopic (exact) mass is 305 g/mol. The van der Waals surface area contributed by atoms with E-state index < -0.39 is 5.97 Å². The summed E-state index contributed by atoms with van der Waals surface area (Å²) in [4.78, 5) is 16.0. The van der Waals surface area contributed by atoms with Crippen molar-refractivity contribution >= 4 is 17.5 Å². The van der Waals surface area contributed by atoms with Gasteiger partial charge in [-0.3, -0.25) is 5.01 Å². The first kappa shape index (κ1) is 15.1. The van der Waals surface area contributed by atoms with Gasteiger partial charge in [-0.05, 0) is 32.9 Å². The van der Waals surface area contributed by atoms with Crippen LogP contribution in [0.25, 0.3) is 0 Å². The Hall–Kier alpha value is -1.86. The highest BCUT2D eigenvalue weighted by molar-refractivity contribution is 5.96. The van der Waals surface area contributed by atoms with Gasteiger partial charge in [0.15, 0.2) is 0 Å². The molecule has 0 radical (unpaired) electrons. The Morgan fingerprint density at radius 1 is 1.50 bits per heavy atom. The van der Waals surface area contributed by atoms with Gasteiger partial charge in [-0.15, -0.1) is 0 Å². The lowest BCUT2D eigenvalue weighted by molar-refractivity contribution is 0.0697. The lowest BCUT2D eigenvalue weighted by Crippen LogP contribution is -2.36. The minimum Gasteiger partial charge on any atom is -0.478 e. The second kappa shape index (κ2) is 6.10. The first-order chi connectivity index (χ1) is 10.6. The summed E-state index contributed by atoms with van der Waals surface area (Å²) in [5.74, 6) is -0.0595. The predicted molar refractivity (Wildman–Crippen MR) is 85.2 cm³/mol. The Kier molecular flexibility index (Phi) is 4.17. The van der Waals surface area contributed by atoms with Gasteiger partial charge in [0.1, 0.15) is 11.4 Å². The van der Waals surface area contributed by atoms with E-state index in [2.05, 4.69) is 32.6 Å². The first-order valence-corrected chi connectivity index (χ1v) is 7.82. The summed E-state index contributed by atoms with van der Waals surface area (Å²) in [6.07, 6.45) is 3.49. The van der Waals surface area contributed by atoms with Gasteiger partial charge in [0.05, 0.1) is 5.69 Å². The number of aromatic nitrogens is 1. The van der Waals surface area contributed by atoms with Gasteiger partial charge in [0.2, 0.25) is 0 Å². The average Bonchev–Trinajstić information content (AvgIpc) is 2.84. The van der Waals surface area contributed by atoms with E-state index in [4.69, 9.17) is 0 Å². The number of aromatic carboxylic acids is 1. The standard InChI is InChI=1S/C15H23N5O2/c1-3-20-14-12(9-19(20)2)13(11(8-17-14)15(21)22)18-10-4-6-16-7-5-10/h8,10,16H,3-7,9H2,1-2H3,(H,17,18)(H,21,22). The zero-order valence-corrected chi connectivity index (χ0v) is 13.1. The van der Waals surface area contributed by atoms with Crippen LogP contribution in [0.4, 0.5) is 11.5 Å². The number of carbonyl (C=O) groups is 1. The Labute approximate surface area is 130 Å². The molecule has 0 atom stereocenters. The van der Waals surface area contributed by atoms with Crippen molar-refractivity contribution in [2.75, 3.05) is 37.0 Å². The van der Waals surface area contributed by atoms with Crippen molar-refractivity contribution in [2.45, 2.75) is 32.4 Å². The van der Waals surface area contributed by atoms with Crippen LogP contribution in [0, 0.1) is 0 Å². The number of rotatable bonds is 4. The van der Waals surface area contributed by atoms with Crippen LogP contribution in [0.2, 0.25) is 0 Å². The van der Waals surface area contributed by atoms with E-state index in [9.17, 15) is 9.90 Å². The smallest absolute Gasteiger partial charge is 0.339 e. The summed E-state index contributed by atoms with van der Waals surface area (Å²) < 4.78 is 0. The van der Waals surface area contributed by atoms with Gasteiger partial charge >= 0.3 is 5.97 Å². The summed E-state index contributed by atoms with van der Waals surface area (Å²) in [6.45, 7) is 5.50. The van der Waals surface area contributed by atoms with Gasteiger partial charge < -0.3 is 15.7 Å². The molecule has 120 valence electrons. The second-order valence-corrected chi connectivity index (χ2v) is 5.85. The van der Waals surface area contributed by atoms with E-state index >= 15 is 0 Å². The molecule has 3 N–H and O–H groups in total. The minimum absolute atomic E-state index is 0.267. The van der Waals surface area contributed by atoms with Crippen LogP contribution in [-0.2, 0) is 6.54 Å². The van der Waals surface area contributed by atoms with Crippen LogP contribution >= 0.6 is 0 Å². The molecular formula is C15H23N5O2. The summed E-state index contributed by atoms with van der Waals surface area (Å²) >= 11 is 0. The molecule has 2 aliphatic heterocycles. The maximum atomic E-state index is 11.6. The highest BCUT2D eigenvalue weighted by atomic mass is 16.4. The summed E-state index contributed by atoms with van der Waals surface area (Å²) in [5.41, 5.74) is 2.00. The molecule has 0 aromatic carbocycles. The van der Waals surface area contributed by atoms with Crippen molar-refractivity contribution in [3.8, 4) is 0 Å². The second-order valence-electron chi connectivity index (χ2n) is 5.85. The molecular weight excluding hydrogens is 282 g/mol. The van der Waals surface area contributed by atoms with Crippen LogP contribution in [-0.4, -0.2) is 53.8 Å². The third-order valence-electron chi connectivity index (χ3n) is 4.42. The first-order valence-electron chi connectivity index (χ1n) is 7.82. The molecule has 3 rings (SSSR count). The molecule has 1 fully saturated rings. The molecule has 7 nitrogen and oxygen atoms in total. The summed E-state index contributed by atoms with van der Waals surface area (Å²) in [5, 5.41) is 20.5. The van der Waals surface area contributed by atoms with Crippen molar-refractivity contribution in [3.05, 3.63) is 17.3 Å². The Bertz CT molecular complexity index is 571. The Balaban J connectivity index is 1.98. The number of hydrogen-bond donors (Lipinski definition) is 3. The highest BCUT2D eigenvalue weighted by Gasteiger charge is 2.31. The van der Waals surface area contributed by atoms with Crippen LogP contribution in [0.1, 0.15) is 35.7 Å². The minimum atomic E-state index is -0.927. The van der Waals surface area contributed by atoms with E-state index in [1.165, 1.54) is 6.20 Å². The number of piperidine rings is 1. The van der Waals surface area contributed by atoms with Crippen molar-refractivity contribution in [1.29, 1.82) is 0 Å². The fourth-order valence-corrected chi connectivity index (χ4v) is 3.28. The van der Waals surface area contributed by atoms with Gasteiger partial charge in [0.25, 0.3) is 0 Å². The van der Waals surface area contributed by atoms with Crippen molar-refractivity contribution in [3.63, 3.8) is 0 Å². The number of carboxylic acids is 1. The number of pyridine rings is 1. The van der Waals surface area contributed by atoms with Crippen LogP contribution in [0.15, 0.2) is 6.20 Å². The van der Waals surface area contributed by atoms with E-state index in [1.807, 2.05) is 7.05 Å². The van der Waals surface area contributed by atoms with Gasteiger partial charge in [-0.25, -0.2) is 14.8 Å². The molecule has 0 saturated carbocycles. The molecule has 1 saturated heterocycles. The van der Waals surface area contributed by atoms with E-state index in [-0.39, 0.29) is 5.56 Å². The normalized spacial score (nSPS) is 19.3. The summed E-state index contributed by atoms with van der Waals surface area (Å²) in [6, 6.07) is 0.312. The molecule has 22 heavy (non-hydrogen) atoms. The lowest BCUT2D eigenvalue weighted by Gasteiger charge is -2.26. The fourth-order valence-electron chi connectivity index (χ4n) is 3.28. The lowest BCUT2D eigenvalue weighted by atomic mass is 10.0. The maximum absolute atomic E-state index is 11.6. The molecule has 3 heterocycles. The summed E-state index contributed by atoms with van der Waals surface area (Å²) in [7, 11) is 2.00. The molecule has 7 heteroatoms. The molecule has 1 aromatic heterocycles. The van der Waals surface area contributed by atoms with Crippen molar-refractivity contribution < 1.29 is 9.90 Å². The average molecular weight is 305 g/mol. The van der Waals surface area contributed by atoms with E-state index in [0.717, 1.165) is 49.5 Å². The number of fused-ring (bicyclic) bond motifs is 1. The maximum Gasteiger partial charge on any atom is 0.339 e. The molecule has 0 amide bonds. The van der Waals surface area contributed by atoms with Gasteiger partial charge in [-0.1, -0.05) is 0 Å². The van der Waals surface area contributed by atoms with Gasteiger partial charge in [0, 0.05) is 37.9 Å². The van der Waals surface area contributed by atoms with Crippen LogP contribution < -0.4 is 15.6 Å². The number of carboxylic acid groups (broad SMARTS) is 1. The number of hydrogen-bond acceptors (Lipinski definition) is 6. The topological polar surface area (TPSA) is 80.7 Å². The zero-order valence-electron chi connectivity index (χ0n) is 13.1. The zero-order chi connectivity index (χ0) is 15.7. The van der Waals surface area contributed by atoms with Crippen LogP contribution in [0.3, 0.4) is 0 Å². The Morgan fingerprint density at radius 3 is 2.86 bits per heavy atom. The number of nitrogens with zero attached hydrogens (tertiary/aromatic N) is 3. The number of anilines is 2. The molecule has 1 aromatic rings. The quantitative estimate of drug-likeness (QED) is 0.769. The van der Waals surface area contributed by atoms with E-state index in [1.54, 1.807) is 0 Å². The highest BCUT2D eigenvalue weighted by Crippen LogP contribution is 2.36. The van der Waals surface area contributed by atoms with Gasteiger partial charge in [-0.2, -0.15) is 0 Å². The van der Waals surface area contributed by atoms with Crippen molar-refractivity contribution in [1.82, 2.24) is 15.3 Å². The van der Waals surface area contributed by atoms with Crippen molar-refractivity contribution in [2.24, 2.45) is 0 Å². The molecule has 0 bridgehead atoms. The third-order valence-corrected chi connectivity index (χ3v) is 4.42. The fraction of sp³-hybridized carbons (Fsp3) is 0.600.